The average Bonchev–Trinajstić information content (AvgIpc) is 3.90. The number of hydrogen-bond donors (Lipinski definition) is 0. The summed E-state index contributed by atoms with van der Waals surface area (Å²) in [7, 11) is 0. The van der Waals surface area contributed by atoms with Crippen molar-refractivity contribution in [1.82, 2.24) is 19.5 Å². The summed E-state index contributed by atoms with van der Waals surface area (Å²) < 4.78 is 5.00. The summed E-state index contributed by atoms with van der Waals surface area (Å²) in [6.07, 6.45) is 0. The van der Waals surface area contributed by atoms with E-state index >= 15 is 0 Å². The molecule has 0 spiro atoms. The Morgan fingerprint density at radius 1 is 0.306 bits per heavy atom. The van der Waals surface area contributed by atoms with E-state index in [4.69, 9.17) is 15.0 Å². The number of fused-ring (bicyclic) bond motifs is 6. The van der Waals surface area contributed by atoms with E-state index in [1.165, 1.54) is 42.1 Å². The topological polar surface area (TPSA) is 43.6 Å². The second-order valence-electron chi connectivity index (χ2n) is 15.6. The molecule has 3 aromatic heterocycles. The lowest BCUT2D eigenvalue weighted by atomic mass is 9.95. The first-order valence-corrected chi connectivity index (χ1v) is 21.7. The zero-order chi connectivity index (χ0) is 41.0. The number of hydrogen-bond acceptors (Lipinski definition) is 4. The summed E-state index contributed by atoms with van der Waals surface area (Å²) in [5, 5.41) is 5.05. The Morgan fingerprint density at radius 2 is 0.806 bits per heavy atom. The molecule has 12 aromatic rings. The summed E-state index contributed by atoms with van der Waals surface area (Å²) >= 11 is 1.85. The van der Waals surface area contributed by atoms with Crippen LogP contribution in [0.15, 0.2) is 218 Å². The number of benzene rings is 9. The summed E-state index contributed by atoms with van der Waals surface area (Å²) in [4.78, 5) is 15.5. The number of aromatic nitrogens is 4. The zero-order valence-corrected chi connectivity index (χ0v) is 34.3. The van der Waals surface area contributed by atoms with E-state index in [-0.39, 0.29) is 0 Å². The van der Waals surface area contributed by atoms with Gasteiger partial charge in [-0.25, -0.2) is 15.0 Å². The molecule has 0 atom stereocenters. The SMILES string of the molecule is c1ccc(-c2nc(-c3ccc(-c4cccc(-c5cccc6sc7ccccc7c56)c4)cc3)nc(-c3ccc(-c4ccccc4)c(-n4c5ccccc5c5ccccc54)c3)n2)cc1. The van der Waals surface area contributed by atoms with Crippen LogP contribution in [0.2, 0.25) is 0 Å². The molecule has 0 bridgehead atoms. The summed E-state index contributed by atoms with van der Waals surface area (Å²) in [6.45, 7) is 0. The average molecular weight is 809 g/mol. The van der Waals surface area contributed by atoms with E-state index in [1.807, 2.05) is 29.5 Å². The smallest absolute Gasteiger partial charge is 0.164 e. The normalized spacial score (nSPS) is 11.5. The molecule has 0 radical (unpaired) electrons. The van der Waals surface area contributed by atoms with E-state index < -0.39 is 0 Å². The maximum absolute atomic E-state index is 5.22. The van der Waals surface area contributed by atoms with Crippen molar-refractivity contribution in [2.75, 3.05) is 0 Å². The lowest BCUT2D eigenvalue weighted by Crippen LogP contribution is -2.02. The molecule has 0 aliphatic carbocycles. The molecule has 0 saturated carbocycles. The van der Waals surface area contributed by atoms with E-state index in [0.717, 1.165) is 55.7 Å². The van der Waals surface area contributed by atoms with Gasteiger partial charge in [-0.2, -0.15) is 0 Å². The van der Waals surface area contributed by atoms with E-state index in [9.17, 15) is 0 Å². The van der Waals surface area contributed by atoms with Crippen molar-refractivity contribution in [2.24, 2.45) is 0 Å². The van der Waals surface area contributed by atoms with Gasteiger partial charge in [-0.3, -0.25) is 0 Å². The molecule has 0 aliphatic heterocycles. The summed E-state index contributed by atoms with van der Waals surface area (Å²) in [6, 6.07) is 77.5. The largest absolute Gasteiger partial charge is 0.309 e. The number of nitrogens with zero attached hydrogens (tertiary/aromatic N) is 4. The number of rotatable bonds is 7. The minimum Gasteiger partial charge on any atom is -0.309 e. The fraction of sp³-hybridized carbons (Fsp3) is 0. The van der Waals surface area contributed by atoms with Crippen molar-refractivity contribution in [3.8, 4) is 73.2 Å². The predicted octanol–water partition coefficient (Wildman–Crippen LogP) is 15.3. The van der Waals surface area contributed by atoms with Crippen molar-refractivity contribution in [3.63, 3.8) is 0 Å². The Hall–Kier alpha value is -7.99. The third-order valence-electron chi connectivity index (χ3n) is 11.9. The van der Waals surface area contributed by atoms with Gasteiger partial charge < -0.3 is 4.57 Å². The standard InChI is InChI=1S/C57H36N4S/c1-3-15-38(16-4-1)44-34-33-43(36-51(44)61-49-25-10-7-21-46(49)47-22-8-11-26-50(47)61)57-59-55(39-17-5-2-6-18-39)58-56(60-57)40-31-29-37(30-32-40)41-19-13-20-42(35-41)45-24-14-28-53-54(45)48-23-9-12-27-52(48)62-53/h1-36H. The fourth-order valence-electron chi connectivity index (χ4n) is 8.94. The van der Waals surface area contributed by atoms with Gasteiger partial charge in [-0.15, -0.1) is 11.3 Å². The Kier molecular flexibility index (Phi) is 8.65. The maximum Gasteiger partial charge on any atom is 0.164 e. The van der Waals surface area contributed by atoms with Gasteiger partial charge in [-0.1, -0.05) is 182 Å². The Balaban J connectivity index is 0.977. The molecule has 0 amide bonds. The second kappa shape index (κ2) is 14.9. The van der Waals surface area contributed by atoms with Gasteiger partial charge in [-0.05, 0) is 64.2 Å². The lowest BCUT2D eigenvalue weighted by Gasteiger charge is -2.16. The van der Waals surface area contributed by atoms with Gasteiger partial charge in [0, 0.05) is 53.2 Å². The second-order valence-corrected chi connectivity index (χ2v) is 16.7. The van der Waals surface area contributed by atoms with Crippen LogP contribution >= 0.6 is 11.3 Å². The van der Waals surface area contributed by atoms with Crippen LogP contribution in [0.1, 0.15) is 0 Å². The fourth-order valence-corrected chi connectivity index (χ4v) is 10.1. The quantitative estimate of drug-likeness (QED) is 0.161. The van der Waals surface area contributed by atoms with Crippen LogP contribution in [-0.2, 0) is 0 Å². The molecular weight excluding hydrogens is 773 g/mol. The molecule has 12 rings (SSSR count). The van der Waals surface area contributed by atoms with Crippen LogP contribution in [0.25, 0.3) is 115 Å². The van der Waals surface area contributed by atoms with Gasteiger partial charge in [0.2, 0.25) is 0 Å². The van der Waals surface area contributed by atoms with E-state index in [1.54, 1.807) is 0 Å². The third-order valence-corrected chi connectivity index (χ3v) is 13.0. The summed E-state index contributed by atoms with van der Waals surface area (Å²) in [5.74, 6) is 1.86. The van der Waals surface area contributed by atoms with Gasteiger partial charge in [0.05, 0.1) is 16.7 Å². The van der Waals surface area contributed by atoms with E-state index in [0.29, 0.717) is 17.5 Å². The van der Waals surface area contributed by atoms with Crippen LogP contribution in [-0.4, -0.2) is 19.5 Å². The van der Waals surface area contributed by atoms with Crippen molar-refractivity contribution >= 4 is 53.3 Å². The van der Waals surface area contributed by atoms with Crippen LogP contribution < -0.4 is 0 Å². The Labute approximate surface area is 362 Å². The highest BCUT2D eigenvalue weighted by atomic mass is 32.1. The van der Waals surface area contributed by atoms with Crippen LogP contribution in [0, 0.1) is 0 Å². The lowest BCUT2D eigenvalue weighted by molar-refractivity contribution is 1.07. The van der Waals surface area contributed by atoms with Crippen LogP contribution in [0.4, 0.5) is 0 Å². The minimum atomic E-state index is 0.613. The van der Waals surface area contributed by atoms with E-state index in [2.05, 4.69) is 205 Å². The molecular formula is C57H36N4S. The number of para-hydroxylation sites is 2. The first-order chi connectivity index (χ1) is 30.7. The molecule has 9 aromatic carbocycles. The molecule has 5 heteroatoms. The van der Waals surface area contributed by atoms with Crippen molar-refractivity contribution in [1.29, 1.82) is 0 Å². The summed E-state index contributed by atoms with van der Waals surface area (Å²) in [5.41, 5.74) is 13.1. The van der Waals surface area contributed by atoms with Crippen LogP contribution in [0.3, 0.4) is 0 Å². The molecule has 4 nitrogen and oxygen atoms in total. The van der Waals surface area contributed by atoms with Gasteiger partial charge >= 0.3 is 0 Å². The Bertz CT molecular complexity index is 3570. The molecule has 0 aliphatic rings. The molecule has 62 heavy (non-hydrogen) atoms. The van der Waals surface area contributed by atoms with Crippen molar-refractivity contribution in [2.45, 2.75) is 0 Å². The van der Waals surface area contributed by atoms with Crippen LogP contribution in [0.5, 0.6) is 0 Å². The number of thiophene rings is 1. The highest BCUT2D eigenvalue weighted by Gasteiger charge is 2.19. The van der Waals surface area contributed by atoms with Gasteiger partial charge in [0.15, 0.2) is 17.5 Å². The maximum atomic E-state index is 5.22. The molecule has 3 heterocycles. The van der Waals surface area contributed by atoms with Crippen molar-refractivity contribution in [3.05, 3.63) is 218 Å². The highest BCUT2D eigenvalue weighted by Crippen LogP contribution is 2.42. The highest BCUT2D eigenvalue weighted by molar-refractivity contribution is 7.25. The predicted molar refractivity (Wildman–Crippen MR) is 260 cm³/mol. The first kappa shape index (κ1) is 35.9. The van der Waals surface area contributed by atoms with Gasteiger partial charge in [0.25, 0.3) is 0 Å². The van der Waals surface area contributed by atoms with Crippen molar-refractivity contribution < 1.29 is 0 Å². The Morgan fingerprint density at radius 3 is 1.52 bits per heavy atom. The molecule has 0 saturated heterocycles. The van der Waals surface area contributed by atoms with Gasteiger partial charge in [0.1, 0.15) is 0 Å². The zero-order valence-electron chi connectivity index (χ0n) is 33.5. The molecule has 290 valence electrons. The third kappa shape index (κ3) is 6.18. The minimum absolute atomic E-state index is 0.613. The molecule has 0 fully saturated rings. The molecule has 0 N–H and O–H groups in total. The molecule has 0 unspecified atom stereocenters. The first-order valence-electron chi connectivity index (χ1n) is 20.8. The monoisotopic (exact) mass is 808 g/mol.